The van der Waals surface area contributed by atoms with Gasteiger partial charge >= 0.3 is 6.03 Å². The maximum atomic E-state index is 12.3. The van der Waals surface area contributed by atoms with Gasteiger partial charge in [-0.25, -0.2) is 9.78 Å². The van der Waals surface area contributed by atoms with Crippen LogP contribution in [0.15, 0.2) is 18.3 Å². The fraction of sp³-hybridized carbons (Fsp3) is 0.667. The van der Waals surface area contributed by atoms with Crippen LogP contribution in [0.2, 0.25) is 0 Å². The maximum Gasteiger partial charge on any atom is 0.319 e. The minimum atomic E-state index is -0.108. The van der Waals surface area contributed by atoms with Crippen molar-refractivity contribution in [3.05, 3.63) is 18.3 Å². The number of rotatable bonds is 3. The number of fused-ring (bicyclic) bond motifs is 1. The Morgan fingerprint density at radius 3 is 2.67 bits per heavy atom. The van der Waals surface area contributed by atoms with Crippen LogP contribution in [0.5, 0.6) is 0 Å². The fourth-order valence-corrected chi connectivity index (χ4v) is 4.34. The Kier molecular flexibility index (Phi) is 4.56. The van der Waals surface area contributed by atoms with Crippen molar-refractivity contribution in [2.24, 2.45) is 0 Å². The summed E-state index contributed by atoms with van der Waals surface area (Å²) in [6.07, 6.45) is 9.08. The lowest BCUT2D eigenvalue weighted by atomic mass is 9.99. The molecule has 4 heterocycles. The van der Waals surface area contributed by atoms with Crippen LogP contribution < -0.4 is 15.5 Å². The zero-order valence-corrected chi connectivity index (χ0v) is 14.2. The highest BCUT2D eigenvalue weighted by Gasteiger charge is 2.36. The van der Waals surface area contributed by atoms with Gasteiger partial charge in [0.05, 0.1) is 11.9 Å². The van der Waals surface area contributed by atoms with E-state index in [2.05, 4.69) is 25.4 Å². The van der Waals surface area contributed by atoms with Crippen molar-refractivity contribution in [3.63, 3.8) is 0 Å². The molecule has 2 N–H and O–H groups in total. The summed E-state index contributed by atoms with van der Waals surface area (Å²) >= 11 is 0. The Morgan fingerprint density at radius 1 is 1.04 bits per heavy atom. The molecule has 0 aliphatic carbocycles. The van der Waals surface area contributed by atoms with Crippen LogP contribution >= 0.6 is 0 Å². The zero-order valence-electron chi connectivity index (χ0n) is 14.2. The Hall–Kier alpha value is -1.82. The van der Waals surface area contributed by atoms with Gasteiger partial charge < -0.3 is 15.5 Å². The number of anilines is 2. The number of nitrogens with one attached hydrogen (secondary N) is 2. The van der Waals surface area contributed by atoms with E-state index in [1.807, 2.05) is 12.1 Å². The van der Waals surface area contributed by atoms with E-state index >= 15 is 0 Å². The quantitative estimate of drug-likeness (QED) is 0.894. The molecule has 0 spiro atoms. The van der Waals surface area contributed by atoms with E-state index < -0.39 is 0 Å². The summed E-state index contributed by atoms with van der Waals surface area (Å²) in [7, 11) is 0. The molecule has 1 aromatic heterocycles. The normalized spacial score (nSPS) is 27.1. The Bertz CT molecular complexity index is 569. The van der Waals surface area contributed by atoms with E-state index in [4.69, 9.17) is 0 Å². The van der Waals surface area contributed by atoms with Gasteiger partial charge in [0, 0.05) is 31.7 Å². The molecule has 3 saturated heterocycles. The predicted octanol–water partition coefficient (Wildman–Crippen LogP) is 2.43. The van der Waals surface area contributed by atoms with Gasteiger partial charge in [0.2, 0.25) is 0 Å². The van der Waals surface area contributed by atoms with E-state index in [9.17, 15) is 4.79 Å². The van der Waals surface area contributed by atoms with Gasteiger partial charge in [-0.05, 0) is 50.8 Å². The molecule has 0 radical (unpaired) electrons. The standard InChI is InChI=1S/C18H27N5O/c24-18(21-15-8-12-22-9-2-1-5-16(15)22)20-14-6-7-17(19-13-14)23-10-3-4-11-23/h6-7,13,15-16H,1-5,8-12H2,(H2,20,21,24)/t15-,16+/m0/s1. The molecule has 2 atom stereocenters. The van der Waals surface area contributed by atoms with Crippen molar-refractivity contribution < 1.29 is 4.79 Å². The largest absolute Gasteiger partial charge is 0.357 e. The molecular weight excluding hydrogens is 302 g/mol. The third kappa shape index (κ3) is 3.34. The van der Waals surface area contributed by atoms with Gasteiger partial charge in [-0.1, -0.05) is 6.42 Å². The molecule has 1 aromatic rings. The molecule has 130 valence electrons. The first kappa shape index (κ1) is 15.7. The van der Waals surface area contributed by atoms with E-state index in [1.165, 1.54) is 38.6 Å². The van der Waals surface area contributed by atoms with E-state index in [0.29, 0.717) is 6.04 Å². The van der Waals surface area contributed by atoms with Gasteiger partial charge in [-0.2, -0.15) is 0 Å². The summed E-state index contributed by atoms with van der Waals surface area (Å²) in [6.45, 7) is 4.47. The summed E-state index contributed by atoms with van der Waals surface area (Å²) in [5, 5.41) is 6.10. The van der Waals surface area contributed by atoms with Crippen LogP contribution in [0.4, 0.5) is 16.3 Å². The molecule has 3 aliphatic heterocycles. The third-order valence-corrected chi connectivity index (χ3v) is 5.61. The smallest absolute Gasteiger partial charge is 0.319 e. The average Bonchev–Trinajstić information content (AvgIpc) is 3.26. The summed E-state index contributed by atoms with van der Waals surface area (Å²) in [5.41, 5.74) is 0.758. The molecule has 3 fully saturated rings. The lowest BCUT2D eigenvalue weighted by molar-refractivity contribution is 0.180. The number of carbonyl (C=O) groups is 1. The SMILES string of the molecule is O=C(Nc1ccc(N2CCCC2)nc1)N[C@H]1CCN2CCCC[C@H]12. The minimum Gasteiger partial charge on any atom is -0.357 e. The highest BCUT2D eigenvalue weighted by Crippen LogP contribution is 2.27. The van der Waals surface area contributed by atoms with Gasteiger partial charge in [-0.3, -0.25) is 4.90 Å². The van der Waals surface area contributed by atoms with Crippen LogP contribution in [-0.2, 0) is 0 Å². The molecule has 0 saturated carbocycles. The molecule has 6 heteroatoms. The molecule has 0 unspecified atom stereocenters. The van der Waals surface area contributed by atoms with Gasteiger partial charge in [0.15, 0.2) is 0 Å². The van der Waals surface area contributed by atoms with Crippen molar-refractivity contribution in [3.8, 4) is 0 Å². The van der Waals surface area contributed by atoms with Crippen LogP contribution in [-0.4, -0.2) is 54.2 Å². The van der Waals surface area contributed by atoms with E-state index in [1.54, 1.807) is 6.20 Å². The molecule has 4 rings (SSSR count). The molecule has 2 amide bonds. The Balaban J connectivity index is 1.31. The molecule has 24 heavy (non-hydrogen) atoms. The van der Waals surface area contributed by atoms with Gasteiger partial charge in [0.1, 0.15) is 5.82 Å². The number of pyridine rings is 1. The summed E-state index contributed by atoms with van der Waals surface area (Å²) in [4.78, 5) is 21.6. The number of urea groups is 1. The van der Waals surface area contributed by atoms with Crippen molar-refractivity contribution in [2.75, 3.05) is 36.4 Å². The van der Waals surface area contributed by atoms with Crippen molar-refractivity contribution in [1.29, 1.82) is 0 Å². The van der Waals surface area contributed by atoms with E-state index in [0.717, 1.165) is 37.6 Å². The van der Waals surface area contributed by atoms with Crippen LogP contribution in [0.25, 0.3) is 0 Å². The monoisotopic (exact) mass is 329 g/mol. The first-order chi connectivity index (χ1) is 11.8. The second kappa shape index (κ2) is 6.97. The van der Waals surface area contributed by atoms with Crippen LogP contribution in [0.3, 0.4) is 0 Å². The molecule has 3 aliphatic rings. The first-order valence-electron chi connectivity index (χ1n) is 9.32. The number of aromatic nitrogens is 1. The van der Waals surface area contributed by atoms with Gasteiger partial charge in [-0.15, -0.1) is 0 Å². The number of hydrogen-bond acceptors (Lipinski definition) is 4. The minimum absolute atomic E-state index is 0.108. The molecule has 6 nitrogen and oxygen atoms in total. The van der Waals surface area contributed by atoms with Gasteiger partial charge in [0.25, 0.3) is 0 Å². The molecular formula is C18H27N5O. The lowest BCUT2D eigenvalue weighted by Crippen LogP contribution is -2.47. The number of piperidine rings is 1. The predicted molar refractivity (Wildman–Crippen MR) is 95.5 cm³/mol. The molecule has 0 aromatic carbocycles. The highest BCUT2D eigenvalue weighted by molar-refractivity contribution is 5.89. The number of carbonyl (C=O) groups excluding carboxylic acids is 1. The van der Waals surface area contributed by atoms with Crippen LogP contribution in [0, 0.1) is 0 Å². The first-order valence-corrected chi connectivity index (χ1v) is 9.32. The van der Waals surface area contributed by atoms with Crippen molar-refractivity contribution >= 4 is 17.5 Å². The molecule has 0 bridgehead atoms. The summed E-state index contributed by atoms with van der Waals surface area (Å²) in [6, 6.07) is 4.65. The summed E-state index contributed by atoms with van der Waals surface area (Å²) < 4.78 is 0. The zero-order chi connectivity index (χ0) is 16.4. The Morgan fingerprint density at radius 2 is 1.88 bits per heavy atom. The van der Waals surface area contributed by atoms with E-state index in [-0.39, 0.29) is 12.1 Å². The number of amides is 2. The second-order valence-electron chi connectivity index (χ2n) is 7.19. The fourth-order valence-electron chi connectivity index (χ4n) is 4.34. The maximum absolute atomic E-state index is 12.3. The topological polar surface area (TPSA) is 60.5 Å². The number of hydrogen-bond donors (Lipinski definition) is 2. The van der Waals surface area contributed by atoms with Crippen LogP contribution in [0.1, 0.15) is 38.5 Å². The number of nitrogens with zero attached hydrogens (tertiary/aromatic N) is 3. The second-order valence-corrected chi connectivity index (χ2v) is 7.19. The van der Waals surface area contributed by atoms with Crippen molar-refractivity contribution in [2.45, 2.75) is 50.6 Å². The highest BCUT2D eigenvalue weighted by atomic mass is 16.2. The Labute approximate surface area is 143 Å². The summed E-state index contributed by atoms with van der Waals surface area (Å²) in [5.74, 6) is 1.01. The third-order valence-electron chi connectivity index (χ3n) is 5.61. The average molecular weight is 329 g/mol. The lowest BCUT2D eigenvalue weighted by Gasteiger charge is -2.32. The van der Waals surface area contributed by atoms with Crippen molar-refractivity contribution in [1.82, 2.24) is 15.2 Å².